The minimum atomic E-state index is -1.20. The summed E-state index contributed by atoms with van der Waals surface area (Å²) in [6.45, 7) is 7.47. The number of carboxylic acid groups (broad SMARTS) is 1. The number of carboxylic acids is 1. The molecule has 1 saturated heterocycles. The van der Waals surface area contributed by atoms with Gasteiger partial charge in [0.1, 0.15) is 5.82 Å². The summed E-state index contributed by atoms with van der Waals surface area (Å²) in [7, 11) is -0.862. The molecule has 0 aromatic heterocycles. The molecule has 0 spiro atoms. The van der Waals surface area contributed by atoms with E-state index < -0.39 is 30.1 Å². The Balaban J connectivity index is 2.41. The van der Waals surface area contributed by atoms with Crippen molar-refractivity contribution in [3.8, 4) is 0 Å². The van der Waals surface area contributed by atoms with Gasteiger partial charge in [-0.15, -0.1) is 0 Å². The van der Waals surface area contributed by atoms with E-state index in [1.165, 1.54) is 6.07 Å². The number of halogens is 2. The number of aromatic carboxylic acids is 1. The molecule has 2 rings (SSSR count). The van der Waals surface area contributed by atoms with Gasteiger partial charge in [0.25, 0.3) is 0 Å². The Kier molecular flexibility index (Phi) is 3.73. The van der Waals surface area contributed by atoms with E-state index in [1.807, 2.05) is 27.7 Å². The van der Waals surface area contributed by atoms with E-state index in [1.54, 1.807) is 0 Å². The third-order valence-corrected chi connectivity index (χ3v) is 4.48. The molecule has 1 aliphatic heterocycles. The highest BCUT2D eigenvalue weighted by molar-refractivity contribution is 9.10. The molecule has 1 heterocycles. The normalized spacial score (nSPS) is 20.2. The Hall–Kier alpha value is -0.915. The second-order valence-corrected chi connectivity index (χ2v) is 6.60. The molecule has 1 N–H and O–H groups in total. The highest BCUT2D eigenvalue weighted by atomic mass is 79.9. The van der Waals surface area contributed by atoms with Gasteiger partial charge >= 0.3 is 13.1 Å². The maximum absolute atomic E-state index is 14.1. The predicted molar refractivity (Wildman–Crippen MR) is 76.8 cm³/mol. The van der Waals surface area contributed by atoms with Crippen LogP contribution in [-0.4, -0.2) is 29.4 Å². The first-order chi connectivity index (χ1) is 9.05. The Bertz CT molecular complexity index is 558. The third kappa shape index (κ3) is 2.50. The van der Waals surface area contributed by atoms with E-state index in [9.17, 15) is 9.18 Å². The van der Waals surface area contributed by atoms with Crippen LogP contribution in [-0.2, 0) is 9.31 Å². The predicted octanol–water partition coefficient (Wildman–Crippen LogP) is 2.59. The van der Waals surface area contributed by atoms with Crippen LogP contribution < -0.4 is 5.46 Å². The maximum atomic E-state index is 14.1. The fourth-order valence-electron chi connectivity index (χ4n) is 1.88. The second-order valence-electron chi connectivity index (χ2n) is 5.75. The first-order valence-electron chi connectivity index (χ1n) is 6.13. The van der Waals surface area contributed by atoms with Crippen molar-refractivity contribution >= 4 is 34.5 Å². The van der Waals surface area contributed by atoms with Gasteiger partial charge in [0.05, 0.1) is 16.8 Å². The number of hydrogen-bond donors (Lipinski definition) is 1. The summed E-state index contributed by atoms with van der Waals surface area (Å²) in [5.74, 6) is -1.86. The molecule has 0 bridgehead atoms. The minimum absolute atomic E-state index is 0.136. The van der Waals surface area contributed by atoms with Crippen molar-refractivity contribution < 1.29 is 23.6 Å². The van der Waals surface area contributed by atoms with Crippen LogP contribution in [0.3, 0.4) is 0 Å². The van der Waals surface area contributed by atoms with Gasteiger partial charge in [0.2, 0.25) is 0 Å². The van der Waals surface area contributed by atoms with Crippen molar-refractivity contribution in [2.45, 2.75) is 38.9 Å². The summed E-state index contributed by atoms with van der Waals surface area (Å²) in [6.07, 6.45) is 0. The molecule has 0 amide bonds. The van der Waals surface area contributed by atoms with Gasteiger partial charge in [-0.2, -0.15) is 0 Å². The van der Waals surface area contributed by atoms with Crippen molar-refractivity contribution in [2.24, 2.45) is 0 Å². The number of hydrogen-bond acceptors (Lipinski definition) is 3. The Morgan fingerprint density at radius 1 is 1.25 bits per heavy atom. The highest BCUT2D eigenvalue weighted by Gasteiger charge is 2.52. The molecule has 7 heteroatoms. The SMILES string of the molecule is CC1(C)OB(c2cc(Br)c(C(=O)O)cc2F)OC1(C)C. The molecule has 20 heavy (non-hydrogen) atoms. The Labute approximate surface area is 125 Å². The molecule has 108 valence electrons. The van der Waals surface area contributed by atoms with Crippen LogP contribution in [0, 0.1) is 5.82 Å². The van der Waals surface area contributed by atoms with Crippen LogP contribution in [0.15, 0.2) is 16.6 Å². The van der Waals surface area contributed by atoms with Gasteiger partial charge in [-0.05, 0) is 55.8 Å². The van der Waals surface area contributed by atoms with E-state index in [0.717, 1.165) is 6.07 Å². The average Bonchev–Trinajstić information content (AvgIpc) is 2.50. The quantitative estimate of drug-likeness (QED) is 0.838. The van der Waals surface area contributed by atoms with E-state index in [4.69, 9.17) is 14.4 Å². The topological polar surface area (TPSA) is 55.8 Å². The molecule has 0 atom stereocenters. The summed E-state index contributed by atoms with van der Waals surface area (Å²) in [5.41, 5.74) is -1.12. The van der Waals surface area contributed by atoms with Crippen molar-refractivity contribution in [3.63, 3.8) is 0 Å². The molecule has 0 saturated carbocycles. The fourth-order valence-corrected chi connectivity index (χ4v) is 2.41. The summed E-state index contributed by atoms with van der Waals surface area (Å²) in [5, 5.41) is 8.95. The molecule has 0 aliphatic carbocycles. The van der Waals surface area contributed by atoms with Crippen molar-refractivity contribution in [1.29, 1.82) is 0 Å². The highest BCUT2D eigenvalue weighted by Crippen LogP contribution is 2.36. The number of carbonyl (C=O) groups is 1. The minimum Gasteiger partial charge on any atom is -0.478 e. The number of rotatable bonds is 2. The first-order valence-corrected chi connectivity index (χ1v) is 6.92. The standard InChI is InChI=1S/C13H15BBrFO4/c1-12(2)13(3,4)20-14(19-12)8-6-9(15)7(11(17)18)5-10(8)16/h5-6H,1-4H3,(H,17,18). The fraction of sp³-hybridized carbons (Fsp3) is 0.462. The monoisotopic (exact) mass is 344 g/mol. The molecule has 0 unspecified atom stereocenters. The van der Waals surface area contributed by atoms with E-state index in [2.05, 4.69) is 15.9 Å². The van der Waals surface area contributed by atoms with Crippen LogP contribution in [0.5, 0.6) is 0 Å². The van der Waals surface area contributed by atoms with Crippen molar-refractivity contribution in [3.05, 3.63) is 28.0 Å². The summed E-state index contributed by atoms with van der Waals surface area (Å²) >= 11 is 3.13. The number of benzene rings is 1. The van der Waals surface area contributed by atoms with Gasteiger partial charge in [-0.25, -0.2) is 9.18 Å². The molecule has 1 aromatic rings. The van der Waals surface area contributed by atoms with Gasteiger partial charge in [-0.1, -0.05) is 0 Å². The van der Waals surface area contributed by atoms with Gasteiger partial charge in [0, 0.05) is 9.94 Å². The third-order valence-electron chi connectivity index (χ3n) is 3.82. The van der Waals surface area contributed by atoms with Crippen LogP contribution >= 0.6 is 15.9 Å². The zero-order valence-corrected chi connectivity index (χ0v) is 13.2. The molecule has 1 aromatic carbocycles. The lowest BCUT2D eigenvalue weighted by molar-refractivity contribution is 0.00578. The average molecular weight is 345 g/mol. The maximum Gasteiger partial charge on any atom is 0.497 e. The molecular formula is C13H15BBrFO4. The lowest BCUT2D eigenvalue weighted by Gasteiger charge is -2.32. The Morgan fingerprint density at radius 3 is 2.20 bits per heavy atom. The lowest BCUT2D eigenvalue weighted by Crippen LogP contribution is -2.41. The largest absolute Gasteiger partial charge is 0.497 e. The second kappa shape index (κ2) is 4.82. The van der Waals surface area contributed by atoms with Gasteiger partial charge in [-0.3, -0.25) is 0 Å². The van der Waals surface area contributed by atoms with E-state index in [-0.39, 0.29) is 15.5 Å². The van der Waals surface area contributed by atoms with Crippen LogP contribution in [0.4, 0.5) is 4.39 Å². The lowest BCUT2D eigenvalue weighted by atomic mass is 9.78. The molecule has 1 aliphatic rings. The molecular weight excluding hydrogens is 330 g/mol. The van der Waals surface area contributed by atoms with Gasteiger partial charge < -0.3 is 14.4 Å². The van der Waals surface area contributed by atoms with E-state index >= 15 is 0 Å². The zero-order chi connectivity index (χ0) is 15.3. The van der Waals surface area contributed by atoms with Crippen molar-refractivity contribution in [2.75, 3.05) is 0 Å². The molecule has 0 radical (unpaired) electrons. The van der Waals surface area contributed by atoms with Crippen LogP contribution in [0.1, 0.15) is 38.1 Å². The zero-order valence-electron chi connectivity index (χ0n) is 11.7. The summed E-state index contributed by atoms with van der Waals surface area (Å²) in [6, 6.07) is 2.35. The van der Waals surface area contributed by atoms with Crippen LogP contribution in [0.25, 0.3) is 0 Å². The van der Waals surface area contributed by atoms with Crippen molar-refractivity contribution in [1.82, 2.24) is 0 Å². The first kappa shape index (κ1) is 15.5. The Morgan fingerprint density at radius 2 is 1.75 bits per heavy atom. The molecule has 1 fully saturated rings. The smallest absolute Gasteiger partial charge is 0.478 e. The summed E-state index contributed by atoms with van der Waals surface area (Å²) in [4.78, 5) is 11.0. The van der Waals surface area contributed by atoms with Crippen LogP contribution in [0.2, 0.25) is 0 Å². The van der Waals surface area contributed by atoms with E-state index in [0.29, 0.717) is 0 Å². The molecule has 4 nitrogen and oxygen atoms in total. The summed E-state index contributed by atoms with van der Waals surface area (Å²) < 4.78 is 25.9. The van der Waals surface area contributed by atoms with Gasteiger partial charge in [0.15, 0.2) is 0 Å².